The zero-order chi connectivity index (χ0) is 19.9. The van der Waals surface area contributed by atoms with E-state index in [2.05, 4.69) is 15.5 Å². The van der Waals surface area contributed by atoms with Gasteiger partial charge in [-0.25, -0.2) is 0 Å². The number of tetrazole rings is 1. The van der Waals surface area contributed by atoms with Crippen LogP contribution in [0.15, 0.2) is 53.7 Å². The van der Waals surface area contributed by atoms with Crippen LogP contribution in [0.4, 0.5) is 0 Å². The van der Waals surface area contributed by atoms with Crippen molar-refractivity contribution in [3.05, 3.63) is 58.6 Å². The first kappa shape index (κ1) is 20.4. The number of halogens is 2. The van der Waals surface area contributed by atoms with E-state index in [1.807, 2.05) is 12.1 Å². The highest BCUT2D eigenvalue weighted by Gasteiger charge is 2.14. The molecule has 0 bridgehead atoms. The molecule has 0 radical (unpaired) electrons. The molecule has 0 N–H and O–H groups in total. The molecule has 3 rings (SSSR count). The van der Waals surface area contributed by atoms with Crippen molar-refractivity contribution in [1.82, 2.24) is 25.1 Å². The summed E-state index contributed by atoms with van der Waals surface area (Å²) in [4.78, 5) is 14.0. The SMILES string of the molecule is CN(CCOc1ccc(Cl)cc1)C(=O)CSc1nnnn1-c1ccc(Cl)cc1. The number of hydrogen-bond acceptors (Lipinski definition) is 6. The maximum absolute atomic E-state index is 12.4. The molecule has 146 valence electrons. The van der Waals surface area contributed by atoms with Crippen LogP contribution in [0.1, 0.15) is 0 Å². The van der Waals surface area contributed by atoms with E-state index in [1.165, 1.54) is 11.8 Å². The van der Waals surface area contributed by atoms with E-state index < -0.39 is 0 Å². The van der Waals surface area contributed by atoms with E-state index in [0.717, 1.165) is 5.69 Å². The third-order valence-corrected chi connectivity index (χ3v) is 5.18. The molecule has 1 aromatic heterocycles. The van der Waals surface area contributed by atoms with Crippen LogP contribution < -0.4 is 4.74 Å². The van der Waals surface area contributed by atoms with E-state index >= 15 is 0 Å². The van der Waals surface area contributed by atoms with Crippen molar-refractivity contribution < 1.29 is 9.53 Å². The fourth-order valence-electron chi connectivity index (χ4n) is 2.21. The summed E-state index contributed by atoms with van der Waals surface area (Å²) in [6.07, 6.45) is 0. The first-order valence-corrected chi connectivity index (χ1v) is 10.1. The predicted octanol–water partition coefficient (Wildman–Crippen LogP) is 3.60. The van der Waals surface area contributed by atoms with Gasteiger partial charge in [0.15, 0.2) is 0 Å². The molecule has 7 nitrogen and oxygen atoms in total. The van der Waals surface area contributed by atoms with Crippen LogP contribution in [0.2, 0.25) is 10.0 Å². The Morgan fingerprint density at radius 1 is 1.11 bits per heavy atom. The summed E-state index contributed by atoms with van der Waals surface area (Å²) < 4.78 is 7.18. The molecular formula is C18H17Cl2N5O2S. The number of benzene rings is 2. The molecule has 0 aliphatic rings. The van der Waals surface area contributed by atoms with Gasteiger partial charge in [-0.3, -0.25) is 4.79 Å². The van der Waals surface area contributed by atoms with Gasteiger partial charge in [0, 0.05) is 17.1 Å². The molecule has 0 fully saturated rings. The Morgan fingerprint density at radius 2 is 1.75 bits per heavy atom. The topological polar surface area (TPSA) is 73.1 Å². The average Bonchev–Trinajstić information content (AvgIpc) is 3.16. The number of carbonyl (C=O) groups excluding carboxylic acids is 1. The highest BCUT2D eigenvalue weighted by Crippen LogP contribution is 2.20. The molecule has 2 aromatic carbocycles. The largest absolute Gasteiger partial charge is 0.492 e. The lowest BCUT2D eigenvalue weighted by Crippen LogP contribution is -2.32. The summed E-state index contributed by atoms with van der Waals surface area (Å²) in [5.41, 5.74) is 0.772. The predicted molar refractivity (Wildman–Crippen MR) is 109 cm³/mol. The van der Waals surface area contributed by atoms with Gasteiger partial charge >= 0.3 is 0 Å². The fourth-order valence-corrected chi connectivity index (χ4v) is 3.29. The van der Waals surface area contributed by atoms with Crippen molar-refractivity contribution in [2.45, 2.75) is 5.16 Å². The number of thioether (sulfide) groups is 1. The lowest BCUT2D eigenvalue weighted by atomic mass is 10.3. The van der Waals surface area contributed by atoms with Gasteiger partial charge in [-0.05, 0) is 59.0 Å². The van der Waals surface area contributed by atoms with Crippen LogP contribution in [0.25, 0.3) is 5.69 Å². The second-order valence-corrected chi connectivity index (χ2v) is 7.57. The number of ether oxygens (including phenoxy) is 1. The van der Waals surface area contributed by atoms with Gasteiger partial charge in [-0.15, -0.1) is 5.10 Å². The molecule has 0 saturated heterocycles. The van der Waals surface area contributed by atoms with Crippen LogP contribution in [0, 0.1) is 0 Å². The van der Waals surface area contributed by atoms with E-state index in [4.69, 9.17) is 27.9 Å². The number of carbonyl (C=O) groups is 1. The number of amides is 1. The minimum Gasteiger partial charge on any atom is -0.492 e. The van der Waals surface area contributed by atoms with E-state index in [9.17, 15) is 4.79 Å². The lowest BCUT2D eigenvalue weighted by molar-refractivity contribution is -0.127. The molecule has 0 unspecified atom stereocenters. The third-order valence-electron chi connectivity index (χ3n) is 3.77. The summed E-state index contributed by atoms with van der Waals surface area (Å²) in [7, 11) is 1.73. The second kappa shape index (κ2) is 9.77. The quantitative estimate of drug-likeness (QED) is 0.501. The lowest BCUT2D eigenvalue weighted by Gasteiger charge is -2.17. The zero-order valence-electron chi connectivity index (χ0n) is 15.0. The summed E-state index contributed by atoms with van der Waals surface area (Å²) in [6.45, 7) is 0.848. The van der Waals surface area contributed by atoms with Crippen molar-refractivity contribution in [1.29, 1.82) is 0 Å². The first-order chi connectivity index (χ1) is 13.5. The van der Waals surface area contributed by atoms with Crippen LogP contribution in [0.5, 0.6) is 5.75 Å². The normalized spacial score (nSPS) is 10.7. The van der Waals surface area contributed by atoms with Crippen molar-refractivity contribution in [3.63, 3.8) is 0 Å². The highest BCUT2D eigenvalue weighted by atomic mass is 35.5. The van der Waals surface area contributed by atoms with Gasteiger partial charge < -0.3 is 9.64 Å². The molecule has 10 heteroatoms. The number of hydrogen-bond donors (Lipinski definition) is 0. The summed E-state index contributed by atoms with van der Waals surface area (Å²) in [5.74, 6) is 0.878. The smallest absolute Gasteiger partial charge is 0.232 e. The van der Waals surface area contributed by atoms with Gasteiger partial charge in [0.25, 0.3) is 0 Å². The van der Waals surface area contributed by atoms with Crippen molar-refractivity contribution in [2.75, 3.05) is 26.0 Å². The van der Waals surface area contributed by atoms with Gasteiger partial charge in [0.1, 0.15) is 12.4 Å². The maximum Gasteiger partial charge on any atom is 0.232 e. The minimum absolute atomic E-state index is 0.0460. The Balaban J connectivity index is 1.48. The monoisotopic (exact) mass is 437 g/mol. The minimum atomic E-state index is -0.0460. The zero-order valence-corrected chi connectivity index (χ0v) is 17.3. The summed E-state index contributed by atoms with van der Waals surface area (Å²) in [5, 5.41) is 13.4. The number of aromatic nitrogens is 4. The first-order valence-electron chi connectivity index (χ1n) is 8.32. The number of rotatable bonds is 8. The van der Waals surface area contributed by atoms with Gasteiger partial charge in [0.05, 0.1) is 18.0 Å². The standard InChI is InChI=1S/C18H17Cl2N5O2S/c1-24(10-11-27-16-8-4-14(20)5-9-16)17(26)12-28-18-21-22-23-25(18)15-6-2-13(19)3-7-15/h2-9H,10-12H2,1H3. The third kappa shape index (κ3) is 5.60. The Bertz CT molecular complexity index is 918. The van der Waals surface area contributed by atoms with Gasteiger partial charge in [-0.2, -0.15) is 4.68 Å². The van der Waals surface area contributed by atoms with Crippen molar-refractivity contribution in [2.24, 2.45) is 0 Å². The van der Waals surface area contributed by atoms with Gasteiger partial charge in [0.2, 0.25) is 11.1 Å². The van der Waals surface area contributed by atoms with E-state index in [1.54, 1.807) is 53.0 Å². The molecular weight excluding hydrogens is 421 g/mol. The van der Waals surface area contributed by atoms with E-state index in [0.29, 0.717) is 34.1 Å². The molecule has 0 aliphatic carbocycles. The molecule has 3 aromatic rings. The van der Waals surface area contributed by atoms with Crippen LogP contribution >= 0.6 is 35.0 Å². The average molecular weight is 438 g/mol. The van der Waals surface area contributed by atoms with Crippen LogP contribution in [0.3, 0.4) is 0 Å². The Morgan fingerprint density at radius 3 is 2.43 bits per heavy atom. The van der Waals surface area contributed by atoms with E-state index in [-0.39, 0.29) is 11.7 Å². The fraction of sp³-hybridized carbons (Fsp3) is 0.222. The van der Waals surface area contributed by atoms with Gasteiger partial charge in [-0.1, -0.05) is 35.0 Å². The molecule has 1 heterocycles. The molecule has 0 spiro atoms. The second-order valence-electron chi connectivity index (χ2n) is 5.76. The van der Waals surface area contributed by atoms with Crippen LogP contribution in [-0.4, -0.2) is 57.0 Å². The highest BCUT2D eigenvalue weighted by molar-refractivity contribution is 7.99. The molecule has 1 amide bonds. The molecule has 0 atom stereocenters. The number of nitrogens with zero attached hydrogens (tertiary/aromatic N) is 5. The van der Waals surface area contributed by atoms with Crippen molar-refractivity contribution >= 4 is 40.9 Å². The summed E-state index contributed by atoms with van der Waals surface area (Å²) in [6, 6.07) is 14.2. The van der Waals surface area contributed by atoms with Crippen LogP contribution in [-0.2, 0) is 4.79 Å². The van der Waals surface area contributed by atoms with Crippen molar-refractivity contribution in [3.8, 4) is 11.4 Å². The molecule has 0 aliphatic heterocycles. The Kier molecular flexibility index (Phi) is 7.13. The molecule has 28 heavy (non-hydrogen) atoms. The Hall–Kier alpha value is -2.29. The Labute approximate surface area is 176 Å². The maximum atomic E-state index is 12.4. The summed E-state index contributed by atoms with van der Waals surface area (Å²) >= 11 is 13.0. The molecule has 0 saturated carbocycles. The number of likely N-dealkylation sites (N-methyl/N-ethyl adjacent to an activating group) is 1.